The highest BCUT2D eigenvalue weighted by atomic mass is 16.5. The first-order valence-corrected chi connectivity index (χ1v) is 10.0. The molecule has 0 saturated heterocycles. The van der Waals surface area contributed by atoms with E-state index in [1.807, 2.05) is 78.9 Å². The number of H-pyrrole nitrogens is 1. The molecule has 0 aliphatic heterocycles. The molecule has 5 heteroatoms. The van der Waals surface area contributed by atoms with Crippen LogP contribution in [0.2, 0.25) is 0 Å². The number of ketones is 1. The molecule has 3 aromatic carbocycles. The van der Waals surface area contributed by atoms with Gasteiger partial charge in [0.05, 0.1) is 19.9 Å². The van der Waals surface area contributed by atoms with Crippen LogP contribution in [0.4, 0.5) is 5.69 Å². The molecule has 0 amide bonds. The average Bonchev–Trinajstić information content (AvgIpc) is 3.33. The van der Waals surface area contributed by atoms with Gasteiger partial charge in [0.25, 0.3) is 0 Å². The third-order valence-corrected chi connectivity index (χ3v) is 5.13. The van der Waals surface area contributed by atoms with Gasteiger partial charge in [0.2, 0.25) is 0 Å². The lowest BCUT2D eigenvalue weighted by atomic mass is 9.95. The molecule has 0 radical (unpaired) electrons. The van der Waals surface area contributed by atoms with Crippen molar-refractivity contribution >= 4 is 11.5 Å². The molecule has 156 valence electrons. The summed E-state index contributed by atoms with van der Waals surface area (Å²) in [6, 6.07) is 26.3. The van der Waals surface area contributed by atoms with Gasteiger partial charge in [0, 0.05) is 35.6 Å². The molecule has 1 atom stereocenters. The summed E-state index contributed by atoms with van der Waals surface area (Å²) in [6.45, 7) is 0. The summed E-state index contributed by atoms with van der Waals surface area (Å²) in [5.74, 6) is 1.26. The lowest BCUT2D eigenvalue weighted by Crippen LogP contribution is -2.21. The molecule has 0 saturated carbocycles. The third-order valence-electron chi connectivity index (χ3n) is 5.13. The van der Waals surface area contributed by atoms with E-state index in [1.165, 1.54) is 0 Å². The highest BCUT2D eigenvalue weighted by Gasteiger charge is 2.25. The first kappa shape index (κ1) is 20.3. The third kappa shape index (κ3) is 4.46. The number of anilines is 1. The fraction of sp³-hybridized carbons (Fsp3) is 0.115. The number of Topliss-reactive ketones (excluding diaryl/α,β-unsaturated/α-hetero) is 1. The van der Waals surface area contributed by atoms with Crippen molar-refractivity contribution in [1.29, 1.82) is 0 Å². The first-order chi connectivity index (χ1) is 15.2. The van der Waals surface area contributed by atoms with Gasteiger partial charge in [-0.05, 0) is 17.2 Å². The van der Waals surface area contributed by atoms with E-state index in [2.05, 4.69) is 10.3 Å². The Bertz CT molecular complexity index is 1130. The Balaban J connectivity index is 1.74. The summed E-state index contributed by atoms with van der Waals surface area (Å²) in [5.41, 5.74) is 3.99. The summed E-state index contributed by atoms with van der Waals surface area (Å²) in [7, 11) is 3.20. The number of hydrogen-bond donors (Lipinski definition) is 2. The van der Waals surface area contributed by atoms with Gasteiger partial charge in [-0.15, -0.1) is 0 Å². The molecule has 1 unspecified atom stereocenters. The van der Waals surface area contributed by atoms with E-state index in [0.29, 0.717) is 17.1 Å². The minimum Gasteiger partial charge on any atom is -0.497 e. The van der Waals surface area contributed by atoms with Crippen molar-refractivity contribution in [2.75, 3.05) is 19.5 Å². The van der Waals surface area contributed by atoms with Crippen molar-refractivity contribution in [2.45, 2.75) is 6.04 Å². The first-order valence-electron chi connectivity index (χ1n) is 10.0. The molecule has 1 heterocycles. The lowest BCUT2D eigenvalue weighted by molar-refractivity contribution is 0.0970. The molecule has 4 aromatic rings. The van der Waals surface area contributed by atoms with Crippen molar-refractivity contribution in [3.8, 4) is 22.8 Å². The second-order valence-electron chi connectivity index (χ2n) is 7.09. The number of rotatable bonds is 8. The molecule has 4 rings (SSSR count). The van der Waals surface area contributed by atoms with Gasteiger partial charge >= 0.3 is 0 Å². The number of carbonyl (C=O) groups is 1. The average molecular weight is 412 g/mol. The zero-order valence-corrected chi connectivity index (χ0v) is 17.5. The molecule has 2 N–H and O–H groups in total. The van der Waals surface area contributed by atoms with Gasteiger partial charge < -0.3 is 19.8 Å². The minimum atomic E-state index is -0.587. The number of aromatic amines is 1. The van der Waals surface area contributed by atoms with Crippen molar-refractivity contribution in [3.05, 3.63) is 102 Å². The van der Waals surface area contributed by atoms with E-state index in [0.717, 1.165) is 22.5 Å². The zero-order valence-electron chi connectivity index (χ0n) is 17.5. The Morgan fingerprint density at radius 2 is 1.45 bits per heavy atom. The molecule has 5 nitrogen and oxygen atoms in total. The van der Waals surface area contributed by atoms with Crippen LogP contribution in [0.1, 0.15) is 22.0 Å². The Hall–Kier alpha value is -3.99. The van der Waals surface area contributed by atoms with Crippen LogP contribution in [-0.4, -0.2) is 25.0 Å². The van der Waals surface area contributed by atoms with Gasteiger partial charge in [0.15, 0.2) is 5.78 Å². The fourth-order valence-corrected chi connectivity index (χ4v) is 3.58. The second-order valence-corrected chi connectivity index (χ2v) is 7.09. The Morgan fingerprint density at radius 1 is 0.839 bits per heavy atom. The van der Waals surface area contributed by atoms with Crippen LogP contribution in [0, 0.1) is 0 Å². The standard InChI is InChI=1S/C26H24N2O3/c1-30-21-15-20(16-22(17-21)31-2)28-25(19-11-7-4-8-12-19)26(29)23-13-14-27-24(23)18-9-5-3-6-10-18/h3-17,25,27-28H,1-2H3. The number of benzene rings is 3. The normalized spacial score (nSPS) is 11.5. The fourth-order valence-electron chi connectivity index (χ4n) is 3.58. The predicted octanol–water partition coefficient (Wildman–Crippen LogP) is 5.74. The minimum absolute atomic E-state index is 0.0342. The van der Waals surface area contributed by atoms with Gasteiger partial charge in [-0.25, -0.2) is 0 Å². The number of carbonyl (C=O) groups excluding carboxylic acids is 1. The van der Waals surface area contributed by atoms with Crippen LogP contribution in [-0.2, 0) is 0 Å². The van der Waals surface area contributed by atoms with Crippen molar-refractivity contribution in [2.24, 2.45) is 0 Å². The molecule has 0 aliphatic carbocycles. The number of aromatic nitrogens is 1. The monoisotopic (exact) mass is 412 g/mol. The van der Waals surface area contributed by atoms with E-state index in [-0.39, 0.29) is 5.78 Å². The maximum absolute atomic E-state index is 13.8. The van der Waals surface area contributed by atoms with Crippen LogP contribution in [0.3, 0.4) is 0 Å². The molecule has 31 heavy (non-hydrogen) atoms. The van der Waals surface area contributed by atoms with Crippen LogP contribution < -0.4 is 14.8 Å². The molecule has 1 aromatic heterocycles. The zero-order chi connectivity index (χ0) is 21.6. The molecular formula is C26H24N2O3. The highest BCUT2D eigenvalue weighted by Crippen LogP contribution is 2.32. The summed E-state index contributed by atoms with van der Waals surface area (Å²) in [4.78, 5) is 17.0. The molecular weight excluding hydrogens is 388 g/mol. The van der Waals surface area contributed by atoms with Crippen LogP contribution in [0.25, 0.3) is 11.3 Å². The van der Waals surface area contributed by atoms with Gasteiger partial charge in [-0.1, -0.05) is 60.7 Å². The van der Waals surface area contributed by atoms with Crippen molar-refractivity contribution < 1.29 is 14.3 Å². The number of nitrogens with one attached hydrogen (secondary N) is 2. The largest absolute Gasteiger partial charge is 0.497 e. The Labute approximate surface area is 181 Å². The van der Waals surface area contributed by atoms with Gasteiger partial charge in [-0.3, -0.25) is 4.79 Å². The summed E-state index contributed by atoms with van der Waals surface area (Å²) < 4.78 is 10.8. The summed E-state index contributed by atoms with van der Waals surface area (Å²) in [6.07, 6.45) is 1.80. The molecule has 0 aliphatic rings. The molecule has 0 spiro atoms. The smallest absolute Gasteiger partial charge is 0.191 e. The Morgan fingerprint density at radius 3 is 2.06 bits per heavy atom. The van der Waals surface area contributed by atoms with E-state index in [9.17, 15) is 4.79 Å². The maximum atomic E-state index is 13.8. The van der Waals surface area contributed by atoms with Gasteiger partial charge in [-0.2, -0.15) is 0 Å². The SMILES string of the molecule is COc1cc(NC(C(=O)c2cc[nH]c2-c2ccccc2)c2ccccc2)cc(OC)c1. The van der Waals surface area contributed by atoms with Crippen LogP contribution in [0.5, 0.6) is 11.5 Å². The van der Waals surface area contributed by atoms with Crippen molar-refractivity contribution in [3.63, 3.8) is 0 Å². The highest BCUT2D eigenvalue weighted by molar-refractivity contribution is 6.06. The van der Waals surface area contributed by atoms with Crippen molar-refractivity contribution in [1.82, 2.24) is 4.98 Å². The lowest BCUT2D eigenvalue weighted by Gasteiger charge is -2.21. The number of methoxy groups -OCH3 is 2. The predicted molar refractivity (Wildman–Crippen MR) is 123 cm³/mol. The van der Waals surface area contributed by atoms with E-state index < -0.39 is 6.04 Å². The summed E-state index contributed by atoms with van der Waals surface area (Å²) >= 11 is 0. The number of hydrogen-bond acceptors (Lipinski definition) is 4. The van der Waals surface area contributed by atoms with E-state index >= 15 is 0 Å². The quantitative estimate of drug-likeness (QED) is 0.363. The molecule has 0 fully saturated rings. The van der Waals surface area contributed by atoms with E-state index in [1.54, 1.807) is 26.5 Å². The van der Waals surface area contributed by atoms with E-state index in [4.69, 9.17) is 9.47 Å². The van der Waals surface area contributed by atoms with Gasteiger partial charge in [0.1, 0.15) is 17.5 Å². The second kappa shape index (κ2) is 9.22. The van der Waals surface area contributed by atoms with Crippen LogP contribution in [0.15, 0.2) is 91.1 Å². The maximum Gasteiger partial charge on any atom is 0.191 e. The Kier molecular flexibility index (Phi) is 6.03. The topological polar surface area (TPSA) is 63.3 Å². The molecule has 0 bridgehead atoms. The summed E-state index contributed by atoms with van der Waals surface area (Å²) in [5, 5.41) is 3.39. The van der Waals surface area contributed by atoms with Crippen LogP contribution >= 0.6 is 0 Å². The number of ether oxygens (including phenoxy) is 2.